The predicted molar refractivity (Wildman–Crippen MR) is 116 cm³/mol. The number of aliphatic hydroxyl groups excluding tert-OH is 1. The summed E-state index contributed by atoms with van der Waals surface area (Å²) in [5, 5.41) is 24.4. The number of hydrogen-bond donors (Lipinski definition) is 2. The average molecular weight is 450 g/mol. The number of carbonyl (C=O) groups is 1. The molecule has 12 atom stereocenters. The first-order chi connectivity index (χ1) is 15.3. The maximum atomic E-state index is 12.5. The third-order valence-electron chi connectivity index (χ3n) is 11.2. The first kappa shape index (κ1) is 21.8. The van der Waals surface area contributed by atoms with Crippen LogP contribution in [0.25, 0.3) is 0 Å². The minimum atomic E-state index is -0.942. The number of methoxy groups -OCH3 is 2. The fraction of sp³-hybridized carbons (Fsp3) is 0.960. The van der Waals surface area contributed by atoms with Crippen LogP contribution in [0.2, 0.25) is 0 Å². The number of piperidine rings is 1. The maximum Gasteiger partial charge on any atom is 0.302 e. The normalized spacial score (nSPS) is 57.5. The average Bonchev–Trinajstić information content (AvgIpc) is 3.20. The van der Waals surface area contributed by atoms with Crippen LogP contribution >= 0.6 is 0 Å². The summed E-state index contributed by atoms with van der Waals surface area (Å²) in [5.41, 5.74) is -1.20. The number of fused-ring (bicyclic) bond motifs is 2. The van der Waals surface area contributed by atoms with Crippen LogP contribution in [-0.2, 0) is 19.0 Å². The van der Waals surface area contributed by atoms with Gasteiger partial charge in [0, 0.05) is 68.7 Å². The summed E-state index contributed by atoms with van der Waals surface area (Å²) >= 11 is 0. The Hall–Kier alpha value is -0.730. The van der Waals surface area contributed by atoms with E-state index in [-0.39, 0.29) is 58.7 Å². The van der Waals surface area contributed by atoms with Gasteiger partial charge in [0.15, 0.2) is 0 Å². The summed E-state index contributed by atoms with van der Waals surface area (Å²) < 4.78 is 17.7. The van der Waals surface area contributed by atoms with Gasteiger partial charge in [-0.05, 0) is 44.1 Å². The van der Waals surface area contributed by atoms with Crippen molar-refractivity contribution in [1.29, 1.82) is 0 Å². The van der Waals surface area contributed by atoms with Gasteiger partial charge in [-0.2, -0.15) is 0 Å². The lowest BCUT2D eigenvalue weighted by Crippen LogP contribution is -2.76. The standard InChI is InChI=1S/C25H39NO6/c1-5-26-11-23(12-30-3)7-6-19(28)25-15-8-14-17(31-4)10-24(29,16(22(25)26)9-18(23)25)20(15)21(14)32-13(2)27/h14-22,28-29H,5-12H2,1-4H3/t14-,15-,16-,17+,18-,19+,20-,21+,22?,23+,24+,25-/m1/s1. The van der Waals surface area contributed by atoms with Crippen molar-refractivity contribution in [2.45, 2.75) is 75.9 Å². The van der Waals surface area contributed by atoms with Gasteiger partial charge in [-0.15, -0.1) is 0 Å². The second-order valence-corrected chi connectivity index (χ2v) is 11.8. The van der Waals surface area contributed by atoms with Crippen LogP contribution in [0.3, 0.4) is 0 Å². The second kappa shape index (κ2) is 6.91. The Morgan fingerprint density at radius 1 is 1.22 bits per heavy atom. The zero-order chi connectivity index (χ0) is 22.6. The van der Waals surface area contributed by atoms with Crippen molar-refractivity contribution in [2.24, 2.45) is 40.4 Å². The highest BCUT2D eigenvalue weighted by molar-refractivity contribution is 5.66. The summed E-state index contributed by atoms with van der Waals surface area (Å²) in [5.74, 6) is 0.164. The summed E-state index contributed by atoms with van der Waals surface area (Å²) in [6.45, 7) is 6.27. The number of likely N-dealkylation sites (tertiary alicyclic amines) is 1. The first-order valence-corrected chi connectivity index (χ1v) is 12.6. The Kier molecular flexibility index (Phi) is 4.70. The molecule has 0 aromatic heterocycles. The molecule has 7 nitrogen and oxygen atoms in total. The highest BCUT2D eigenvalue weighted by Crippen LogP contribution is 2.79. The van der Waals surface area contributed by atoms with Gasteiger partial charge in [-0.3, -0.25) is 9.69 Å². The fourth-order valence-electron chi connectivity index (χ4n) is 10.7. The molecule has 6 rings (SSSR count). The van der Waals surface area contributed by atoms with E-state index in [9.17, 15) is 15.0 Å². The van der Waals surface area contributed by atoms with Crippen molar-refractivity contribution in [1.82, 2.24) is 4.90 Å². The van der Waals surface area contributed by atoms with E-state index < -0.39 is 11.7 Å². The number of rotatable bonds is 5. The molecule has 2 N–H and O–H groups in total. The quantitative estimate of drug-likeness (QED) is 0.614. The molecule has 5 aliphatic carbocycles. The van der Waals surface area contributed by atoms with E-state index in [4.69, 9.17) is 14.2 Å². The van der Waals surface area contributed by atoms with Gasteiger partial charge in [-0.25, -0.2) is 0 Å². The van der Waals surface area contributed by atoms with Crippen molar-refractivity contribution in [3.8, 4) is 0 Å². The number of ether oxygens (including phenoxy) is 3. The van der Waals surface area contributed by atoms with Crippen LogP contribution in [0.1, 0.15) is 46.0 Å². The van der Waals surface area contributed by atoms with E-state index in [2.05, 4.69) is 11.8 Å². The molecule has 1 saturated heterocycles. The van der Waals surface area contributed by atoms with E-state index in [1.54, 1.807) is 14.2 Å². The molecule has 180 valence electrons. The Balaban J connectivity index is 1.56. The van der Waals surface area contributed by atoms with E-state index in [1.165, 1.54) is 6.92 Å². The number of esters is 1. The van der Waals surface area contributed by atoms with Crippen LogP contribution in [0.4, 0.5) is 0 Å². The van der Waals surface area contributed by atoms with E-state index >= 15 is 0 Å². The highest BCUT2D eigenvalue weighted by Gasteiger charge is 2.83. The van der Waals surface area contributed by atoms with Gasteiger partial charge in [0.1, 0.15) is 6.10 Å². The van der Waals surface area contributed by atoms with Gasteiger partial charge >= 0.3 is 5.97 Å². The van der Waals surface area contributed by atoms with Crippen molar-refractivity contribution in [3.05, 3.63) is 0 Å². The van der Waals surface area contributed by atoms with Gasteiger partial charge in [-0.1, -0.05) is 6.92 Å². The smallest absolute Gasteiger partial charge is 0.302 e. The Bertz CT molecular complexity index is 807. The number of carbonyl (C=O) groups excluding carboxylic acids is 1. The molecule has 0 radical (unpaired) electrons. The third kappa shape index (κ3) is 2.28. The van der Waals surface area contributed by atoms with E-state index in [1.807, 2.05) is 0 Å². The lowest BCUT2D eigenvalue weighted by Gasteiger charge is -2.69. The van der Waals surface area contributed by atoms with Gasteiger partial charge in [0.2, 0.25) is 0 Å². The lowest BCUT2D eigenvalue weighted by atomic mass is 9.43. The molecule has 0 aromatic rings. The lowest BCUT2D eigenvalue weighted by molar-refractivity contribution is -0.274. The molecule has 0 amide bonds. The Morgan fingerprint density at radius 2 is 2.00 bits per heavy atom. The van der Waals surface area contributed by atoms with E-state index in [0.29, 0.717) is 18.9 Å². The molecular weight excluding hydrogens is 410 g/mol. The largest absolute Gasteiger partial charge is 0.462 e. The zero-order valence-electron chi connectivity index (χ0n) is 19.8. The summed E-state index contributed by atoms with van der Waals surface area (Å²) in [7, 11) is 3.51. The van der Waals surface area contributed by atoms with Crippen LogP contribution < -0.4 is 0 Å². The zero-order valence-corrected chi connectivity index (χ0v) is 19.8. The van der Waals surface area contributed by atoms with Crippen molar-refractivity contribution in [2.75, 3.05) is 33.9 Å². The van der Waals surface area contributed by atoms with Gasteiger partial charge in [0.25, 0.3) is 0 Å². The van der Waals surface area contributed by atoms with Crippen LogP contribution in [0, 0.1) is 40.4 Å². The molecule has 5 saturated carbocycles. The number of hydrogen-bond acceptors (Lipinski definition) is 7. The van der Waals surface area contributed by atoms with Crippen molar-refractivity contribution in [3.63, 3.8) is 0 Å². The summed E-state index contributed by atoms with van der Waals surface area (Å²) in [6.07, 6.45) is 3.27. The number of nitrogens with zero attached hydrogens (tertiary/aromatic N) is 1. The molecule has 1 heterocycles. The highest BCUT2D eigenvalue weighted by atomic mass is 16.5. The monoisotopic (exact) mass is 449 g/mol. The fourth-order valence-corrected chi connectivity index (χ4v) is 10.7. The minimum Gasteiger partial charge on any atom is -0.462 e. The summed E-state index contributed by atoms with van der Waals surface area (Å²) in [4.78, 5) is 14.7. The first-order valence-electron chi connectivity index (χ1n) is 12.6. The Labute approximate surface area is 190 Å². The molecule has 0 aromatic carbocycles. The van der Waals surface area contributed by atoms with Gasteiger partial charge in [0.05, 0.1) is 24.4 Å². The van der Waals surface area contributed by atoms with Crippen LogP contribution in [-0.4, -0.2) is 85.0 Å². The SMILES string of the molecule is CCN1C[C@]2(COC)CC[C@H](O)[C@]34C1[C@@H](C[C@H]23)[C@@]1(O)C[C@H](OC)[C@H]2C[C@@H]4[C@@H]1[C@H]2OC(C)=O. The number of aliphatic hydroxyl groups is 2. The van der Waals surface area contributed by atoms with Crippen LogP contribution in [0.15, 0.2) is 0 Å². The minimum absolute atomic E-state index is 0.0138. The van der Waals surface area contributed by atoms with Crippen molar-refractivity contribution < 1.29 is 29.2 Å². The van der Waals surface area contributed by atoms with Gasteiger partial charge < -0.3 is 24.4 Å². The molecule has 1 spiro atoms. The van der Waals surface area contributed by atoms with E-state index in [0.717, 1.165) is 38.8 Å². The molecule has 32 heavy (non-hydrogen) atoms. The molecule has 1 unspecified atom stereocenters. The topological polar surface area (TPSA) is 88.5 Å². The molecule has 7 heteroatoms. The Morgan fingerprint density at radius 3 is 2.66 bits per heavy atom. The maximum absolute atomic E-state index is 12.5. The second-order valence-electron chi connectivity index (χ2n) is 11.8. The third-order valence-corrected chi connectivity index (χ3v) is 11.2. The molecule has 1 aliphatic heterocycles. The van der Waals surface area contributed by atoms with Crippen molar-refractivity contribution >= 4 is 5.97 Å². The molecular formula is C25H39NO6. The molecule has 7 bridgehead atoms. The summed E-state index contributed by atoms with van der Waals surface area (Å²) in [6, 6.07) is 0.163. The molecule has 6 aliphatic rings. The van der Waals surface area contributed by atoms with Crippen LogP contribution in [0.5, 0.6) is 0 Å². The molecule has 6 fully saturated rings. The predicted octanol–water partition coefficient (Wildman–Crippen LogP) is 1.45.